The van der Waals surface area contributed by atoms with Gasteiger partial charge in [-0.05, 0) is 60.5 Å². The van der Waals surface area contributed by atoms with E-state index in [2.05, 4.69) is 15.8 Å². The van der Waals surface area contributed by atoms with Crippen LogP contribution in [0.1, 0.15) is 43.2 Å². The number of rotatable bonds is 6. The van der Waals surface area contributed by atoms with Crippen molar-refractivity contribution >= 4 is 35.1 Å². The molecule has 6 heteroatoms. The highest BCUT2D eigenvalue weighted by molar-refractivity contribution is 7.80. The molecule has 2 aromatic rings. The highest BCUT2D eigenvalue weighted by Gasteiger charge is 2.13. The van der Waals surface area contributed by atoms with E-state index in [0.29, 0.717) is 17.8 Å². The molecule has 1 aliphatic carbocycles. The maximum absolute atomic E-state index is 5.90. The molecule has 3 rings (SSSR count). The fraction of sp³-hybridized carbons (Fsp3) is 0.333. The van der Waals surface area contributed by atoms with E-state index in [1.54, 1.807) is 6.21 Å². The second kappa shape index (κ2) is 10.3. The van der Waals surface area contributed by atoms with Crippen LogP contribution in [0.4, 0.5) is 0 Å². The van der Waals surface area contributed by atoms with Gasteiger partial charge in [-0.2, -0.15) is 5.10 Å². The predicted molar refractivity (Wildman–Crippen MR) is 116 cm³/mol. The van der Waals surface area contributed by atoms with Crippen molar-refractivity contribution in [3.63, 3.8) is 0 Å². The number of ether oxygens (including phenoxy) is 1. The topological polar surface area (TPSA) is 45.7 Å². The molecule has 1 aliphatic rings. The maximum Gasteiger partial charge on any atom is 0.187 e. The Bertz CT molecular complexity index is 773. The van der Waals surface area contributed by atoms with Gasteiger partial charge in [0, 0.05) is 11.1 Å². The van der Waals surface area contributed by atoms with Gasteiger partial charge in [0.05, 0.1) is 6.21 Å². The zero-order valence-corrected chi connectivity index (χ0v) is 16.7. The molecule has 27 heavy (non-hydrogen) atoms. The summed E-state index contributed by atoms with van der Waals surface area (Å²) in [7, 11) is 0. The average Bonchev–Trinajstić information content (AvgIpc) is 2.69. The van der Waals surface area contributed by atoms with Crippen LogP contribution >= 0.6 is 23.8 Å². The first-order valence-corrected chi connectivity index (χ1v) is 10.0. The van der Waals surface area contributed by atoms with Crippen molar-refractivity contribution in [2.45, 2.75) is 44.8 Å². The quantitative estimate of drug-likeness (QED) is 0.404. The second-order valence-electron chi connectivity index (χ2n) is 6.67. The molecule has 1 saturated carbocycles. The minimum Gasteiger partial charge on any atom is -0.489 e. The summed E-state index contributed by atoms with van der Waals surface area (Å²) in [4.78, 5) is 0. The smallest absolute Gasteiger partial charge is 0.187 e. The van der Waals surface area contributed by atoms with Gasteiger partial charge in [-0.3, -0.25) is 5.43 Å². The van der Waals surface area contributed by atoms with Crippen LogP contribution in [0.3, 0.4) is 0 Å². The van der Waals surface area contributed by atoms with E-state index in [9.17, 15) is 0 Å². The molecule has 0 aromatic heterocycles. The molecule has 0 amide bonds. The summed E-state index contributed by atoms with van der Waals surface area (Å²) in [5.41, 5.74) is 4.91. The van der Waals surface area contributed by atoms with Crippen LogP contribution < -0.4 is 15.5 Å². The number of benzene rings is 2. The zero-order chi connectivity index (χ0) is 18.9. The lowest BCUT2D eigenvalue weighted by molar-refractivity contribution is 0.306. The van der Waals surface area contributed by atoms with Crippen LogP contribution in [-0.2, 0) is 6.61 Å². The van der Waals surface area contributed by atoms with Crippen LogP contribution in [0.25, 0.3) is 0 Å². The Balaban J connectivity index is 1.47. The van der Waals surface area contributed by atoms with Crippen LogP contribution in [0.15, 0.2) is 53.6 Å². The van der Waals surface area contributed by atoms with Gasteiger partial charge < -0.3 is 10.1 Å². The van der Waals surface area contributed by atoms with Gasteiger partial charge in [0.25, 0.3) is 0 Å². The highest BCUT2D eigenvalue weighted by atomic mass is 35.5. The van der Waals surface area contributed by atoms with Crippen molar-refractivity contribution in [3.8, 4) is 5.75 Å². The average molecular weight is 402 g/mol. The summed E-state index contributed by atoms with van der Waals surface area (Å²) in [5.74, 6) is 0.789. The first-order valence-electron chi connectivity index (χ1n) is 9.26. The lowest BCUT2D eigenvalue weighted by Gasteiger charge is -2.23. The Morgan fingerprint density at radius 1 is 1.15 bits per heavy atom. The van der Waals surface area contributed by atoms with E-state index < -0.39 is 0 Å². The minimum atomic E-state index is 0.471. The molecule has 142 valence electrons. The molecule has 0 spiro atoms. The van der Waals surface area contributed by atoms with E-state index in [4.69, 9.17) is 28.6 Å². The number of nitrogens with zero attached hydrogens (tertiary/aromatic N) is 1. The summed E-state index contributed by atoms with van der Waals surface area (Å²) in [5, 5.41) is 8.86. The van der Waals surface area contributed by atoms with Gasteiger partial charge in [-0.25, -0.2) is 0 Å². The van der Waals surface area contributed by atoms with Gasteiger partial charge in [0.1, 0.15) is 12.4 Å². The molecule has 0 saturated heterocycles. The van der Waals surface area contributed by atoms with Gasteiger partial charge in [-0.15, -0.1) is 0 Å². The molecular formula is C21H24ClN3OS. The van der Waals surface area contributed by atoms with Gasteiger partial charge in [-0.1, -0.05) is 55.1 Å². The Kier molecular flexibility index (Phi) is 7.48. The van der Waals surface area contributed by atoms with Gasteiger partial charge in [0.15, 0.2) is 5.11 Å². The van der Waals surface area contributed by atoms with Gasteiger partial charge >= 0.3 is 0 Å². The van der Waals surface area contributed by atoms with Crippen molar-refractivity contribution in [1.29, 1.82) is 0 Å². The summed E-state index contributed by atoms with van der Waals surface area (Å²) in [6.07, 6.45) is 7.97. The van der Waals surface area contributed by atoms with Crippen molar-refractivity contribution < 1.29 is 4.74 Å². The Labute approximate surface area is 171 Å². The first kappa shape index (κ1) is 19.6. The summed E-state index contributed by atoms with van der Waals surface area (Å²) < 4.78 is 5.84. The lowest BCUT2D eigenvalue weighted by Crippen LogP contribution is -2.40. The molecule has 4 nitrogen and oxygen atoms in total. The maximum atomic E-state index is 5.90. The SMILES string of the molecule is S=C(NN=Cc1cccc(OCc2ccc(Cl)cc2)c1)NC1CCCCC1. The summed E-state index contributed by atoms with van der Waals surface area (Å²) in [6.45, 7) is 0.491. The van der Waals surface area contributed by atoms with Crippen molar-refractivity contribution in [3.05, 3.63) is 64.7 Å². The van der Waals surface area contributed by atoms with Crippen molar-refractivity contribution in [2.24, 2.45) is 5.10 Å². The molecule has 0 heterocycles. The van der Waals surface area contributed by atoms with Crippen molar-refractivity contribution in [2.75, 3.05) is 0 Å². The fourth-order valence-electron chi connectivity index (χ4n) is 3.06. The first-order chi connectivity index (χ1) is 13.2. The summed E-state index contributed by atoms with van der Waals surface area (Å²) in [6, 6.07) is 15.9. The third-order valence-electron chi connectivity index (χ3n) is 4.50. The lowest BCUT2D eigenvalue weighted by atomic mass is 9.96. The highest BCUT2D eigenvalue weighted by Crippen LogP contribution is 2.17. The van der Waals surface area contributed by atoms with Crippen LogP contribution in [-0.4, -0.2) is 17.4 Å². The molecule has 0 aliphatic heterocycles. The molecule has 0 unspecified atom stereocenters. The number of nitrogens with one attached hydrogen (secondary N) is 2. The standard InChI is InChI=1S/C21H24ClN3OS/c22-18-11-9-16(10-12-18)15-26-20-8-4-5-17(13-20)14-23-25-21(27)24-19-6-2-1-3-7-19/h4-5,8-14,19H,1-3,6-7,15H2,(H2,24,25,27). The molecule has 0 radical (unpaired) electrons. The van der Waals surface area contributed by atoms with Crippen LogP contribution in [0.2, 0.25) is 5.02 Å². The van der Waals surface area contributed by atoms with E-state index in [0.717, 1.165) is 21.9 Å². The third-order valence-corrected chi connectivity index (χ3v) is 4.96. The Hall–Kier alpha value is -2.11. The molecule has 0 bridgehead atoms. The van der Waals surface area contributed by atoms with E-state index in [1.165, 1.54) is 32.1 Å². The number of hydrazone groups is 1. The van der Waals surface area contributed by atoms with E-state index in [-0.39, 0.29) is 0 Å². The molecule has 2 N–H and O–H groups in total. The number of halogens is 1. The normalized spacial score (nSPS) is 14.9. The zero-order valence-electron chi connectivity index (χ0n) is 15.2. The molecule has 1 fully saturated rings. The van der Waals surface area contributed by atoms with Gasteiger partial charge in [0.2, 0.25) is 0 Å². The van der Waals surface area contributed by atoms with Crippen LogP contribution in [0.5, 0.6) is 5.75 Å². The van der Waals surface area contributed by atoms with Crippen molar-refractivity contribution in [1.82, 2.24) is 10.7 Å². The Morgan fingerprint density at radius 2 is 1.93 bits per heavy atom. The minimum absolute atomic E-state index is 0.471. The number of hydrogen-bond acceptors (Lipinski definition) is 3. The molecule has 2 aromatic carbocycles. The third kappa shape index (κ3) is 6.85. The van der Waals surface area contributed by atoms with Crippen LogP contribution in [0, 0.1) is 0 Å². The second-order valence-corrected chi connectivity index (χ2v) is 7.51. The molecule has 0 atom stereocenters. The predicted octanol–water partition coefficient (Wildman–Crippen LogP) is 5.05. The Morgan fingerprint density at radius 3 is 2.70 bits per heavy atom. The number of thiocarbonyl (C=S) groups is 1. The number of hydrogen-bond donors (Lipinski definition) is 2. The summed E-state index contributed by atoms with van der Waals surface area (Å²) >= 11 is 11.2. The largest absolute Gasteiger partial charge is 0.489 e. The fourth-order valence-corrected chi connectivity index (χ4v) is 3.41. The monoisotopic (exact) mass is 401 g/mol. The molecular weight excluding hydrogens is 378 g/mol. The van der Waals surface area contributed by atoms with E-state index in [1.807, 2.05) is 48.5 Å². The van der Waals surface area contributed by atoms with E-state index >= 15 is 0 Å².